The molecule has 3 N–H and O–H groups in total. The quantitative estimate of drug-likeness (QED) is 0.223. The summed E-state index contributed by atoms with van der Waals surface area (Å²) in [6.45, 7) is 1.66. The van der Waals surface area contributed by atoms with Gasteiger partial charge in [-0.1, -0.05) is 12.1 Å². The molecule has 2 aromatic carbocycles. The number of hydrogen-bond acceptors (Lipinski definition) is 10. The summed E-state index contributed by atoms with van der Waals surface area (Å²) < 4.78 is 27.5. The number of nitrogens with one attached hydrogen (secondary N) is 2. The molecule has 0 amide bonds. The van der Waals surface area contributed by atoms with E-state index in [9.17, 15) is 9.90 Å². The maximum Gasteiger partial charge on any atom is 0.337 e. The van der Waals surface area contributed by atoms with Crippen LogP contribution >= 0.6 is 0 Å². The second kappa shape index (κ2) is 10.5. The van der Waals surface area contributed by atoms with Crippen LogP contribution in [0.3, 0.4) is 0 Å². The number of carbonyl (C=O) groups is 1. The van der Waals surface area contributed by atoms with Crippen molar-refractivity contribution >= 4 is 11.7 Å². The standard InChI is InChI=1S/C23H27N3O7/c1-23(22(30-3)31-4)20(27)19(15-11-14(21(28)29-2)9-10-17(15)33-23)26-13-32-18-8-6-5-7-16(18)25-12-24/h5-11,19-20,22,25-27H,13H2,1-4H3/t19-,20+,23+/m1/s1. The molecule has 0 unspecified atom stereocenters. The number of carbonyl (C=O) groups excluding carboxylic acids is 1. The summed E-state index contributed by atoms with van der Waals surface area (Å²) in [6.07, 6.45) is -0.172. The number of aliphatic hydroxyl groups excluding tert-OH is 1. The van der Waals surface area contributed by atoms with Crippen molar-refractivity contribution in [3.63, 3.8) is 0 Å². The van der Waals surface area contributed by atoms with Crippen molar-refractivity contribution in [2.45, 2.75) is 31.0 Å². The van der Waals surface area contributed by atoms with Crippen molar-refractivity contribution in [1.29, 1.82) is 5.26 Å². The Hall–Kier alpha value is -3.36. The number of hydrogen-bond donors (Lipinski definition) is 3. The molecule has 0 spiro atoms. The summed E-state index contributed by atoms with van der Waals surface area (Å²) in [5.74, 6) is 0.378. The van der Waals surface area contributed by atoms with Gasteiger partial charge in [0.2, 0.25) is 0 Å². The number of fused-ring (bicyclic) bond motifs is 1. The third-order valence-corrected chi connectivity index (χ3v) is 5.50. The summed E-state index contributed by atoms with van der Waals surface area (Å²) in [5.41, 5.74) is 0.0792. The average Bonchev–Trinajstić information content (AvgIpc) is 2.82. The Labute approximate surface area is 192 Å². The second-order valence-electron chi connectivity index (χ2n) is 7.48. The van der Waals surface area contributed by atoms with E-state index in [0.29, 0.717) is 28.3 Å². The van der Waals surface area contributed by atoms with E-state index in [1.807, 2.05) is 6.19 Å². The highest BCUT2D eigenvalue weighted by Gasteiger charge is 2.52. The molecule has 0 bridgehead atoms. The van der Waals surface area contributed by atoms with Crippen molar-refractivity contribution in [2.75, 3.05) is 33.4 Å². The minimum Gasteiger partial charge on any atom is -0.479 e. The number of ether oxygens (including phenoxy) is 5. The predicted molar refractivity (Wildman–Crippen MR) is 118 cm³/mol. The lowest BCUT2D eigenvalue weighted by atomic mass is 9.84. The van der Waals surface area contributed by atoms with E-state index in [0.717, 1.165) is 0 Å². The van der Waals surface area contributed by atoms with Crippen LogP contribution in [0.1, 0.15) is 28.9 Å². The first kappa shape index (κ1) is 24.3. The highest BCUT2D eigenvalue weighted by Crippen LogP contribution is 2.42. The molecule has 2 aromatic rings. The molecule has 1 aliphatic rings. The highest BCUT2D eigenvalue weighted by atomic mass is 16.7. The third kappa shape index (κ3) is 4.86. The molecule has 1 aliphatic heterocycles. The summed E-state index contributed by atoms with van der Waals surface area (Å²) in [5, 5.41) is 26.0. The van der Waals surface area contributed by atoms with E-state index in [4.69, 9.17) is 28.9 Å². The second-order valence-corrected chi connectivity index (χ2v) is 7.48. The van der Waals surface area contributed by atoms with Crippen LogP contribution in [0.2, 0.25) is 0 Å². The van der Waals surface area contributed by atoms with E-state index >= 15 is 0 Å². The Balaban J connectivity index is 1.92. The van der Waals surface area contributed by atoms with E-state index in [1.165, 1.54) is 21.3 Å². The first-order chi connectivity index (χ1) is 15.9. The lowest BCUT2D eigenvalue weighted by Crippen LogP contribution is -2.62. The van der Waals surface area contributed by atoms with Crippen molar-refractivity contribution in [3.05, 3.63) is 53.6 Å². The fourth-order valence-electron chi connectivity index (χ4n) is 3.87. The van der Waals surface area contributed by atoms with Crippen molar-refractivity contribution in [1.82, 2.24) is 5.32 Å². The van der Waals surface area contributed by atoms with Crippen LogP contribution < -0.4 is 20.1 Å². The van der Waals surface area contributed by atoms with Gasteiger partial charge in [0.05, 0.1) is 24.4 Å². The lowest BCUT2D eigenvalue weighted by molar-refractivity contribution is -0.239. The Morgan fingerprint density at radius 3 is 2.64 bits per heavy atom. The molecule has 0 fully saturated rings. The van der Waals surface area contributed by atoms with Gasteiger partial charge in [0.1, 0.15) is 24.3 Å². The predicted octanol–water partition coefficient (Wildman–Crippen LogP) is 2.16. The summed E-state index contributed by atoms with van der Waals surface area (Å²) in [6, 6.07) is 11.1. The molecule has 1 heterocycles. The Morgan fingerprint density at radius 2 is 1.97 bits per heavy atom. The van der Waals surface area contributed by atoms with Gasteiger partial charge in [-0.3, -0.25) is 10.6 Å². The van der Waals surface area contributed by atoms with Gasteiger partial charge in [0, 0.05) is 19.8 Å². The fourth-order valence-corrected chi connectivity index (χ4v) is 3.87. The van der Waals surface area contributed by atoms with Crippen LogP contribution in [-0.2, 0) is 14.2 Å². The molecule has 3 rings (SSSR count). The zero-order chi connectivity index (χ0) is 24.0. The molecule has 33 heavy (non-hydrogen) atoms. The summed E-state index contributed by atoms with van der Waals surface area (Å²) in [4.78, 5) is 12.1. The normalized spacial score (nSPS) is 21.5. The van der Waals surface area contributed by atoms with E-state index < -0.39 is 30.0 Å². The van der Waals surface area contributed by atoms with Crippen LogP contribution in [0.4, 0.5) is 5.69 Å². The third-order valence-electron chi connectivity index (χ3n) is 5.50. The lowest BCUT2D eigenvalue weighted by Gasteiger charge is -2.46. The zero-order valence-corrected chi connectivity index (χ0v) is 18.8. The van der Waals surface area contributed by atoms with E-state index in [2.05, 4.69) is 10.6 Å². The van der Waals surface area contributed by atoms with Gasteiger partial charge in [0.15, 0.2) is 18.1 Å². The number of methoxy groups -OCH3 is 3. The van der Waals surface area contributed by atoms with Gasteiger partial charge < -0.3 is 28.8 Å². The van der Waals surface area contributed by atoms with E-state index in [1.54, 1.807) is 49.4 Å². The fraction of sp³-hybridized carbons (Fsp3) is 0.391. The summed E-state index contributed by atoms with van der Waals surface area (Å²) >= 11 is 0. The van der Waals surface area contributed by atoms with Gasteiger partial charge >= 0.3 is 5.97 Å². The number of nitriles is 1. The van der Waals surface area contributed by atoms with Crippen LogP contribution in [0.5, 0.6) is 11.5 Å². The first-order valence-electron chi connectivity index (χ1n) is 10.1. The zero-order valence-electron chi connectivity index (χ0n) is 18.8. The first-order valence-corrected chi connectivity index (χ1v) is 10.1. The molecule has 0 aliphatic carbocycles. The van der Waals surface area contributed by atoms with Crippen LogP contribution in [0, 0.1) is 11.5 Å². The van der Waals surface area contributed by atoms with Crippen molar-refractivity contribution in [2.24, 2.45) is 0 Å². The maximum absolute atomic E-state index is 12.1. The molecule has 0 saturated heterocycles. The molecule has 0 radical (unpaired) electrons. The van der Waals surface area contributed by atoms with Gasteiger partial charge in [-0.05, 0) is 37.3 Å². The molecule has 0 aromatic heterocycles. The Kier molecular flexibility index (Phi) is 7.73. The number of benzene rings is 2. The molecule has 3 atom stereocenters. The Morgan fingerprint density at radius 1 is 1.24 bits per heavy atom. The van der Waals surface area contributed by atoms with Gasteiger partial charge in [0.25, 0.3) is 0 Å². The van der Waals surface area contributed by atoms with E-state index in [-0.39, 0.29) is 6.73 Å². The number of nitrogens with zero attached hydrogens (tertiary/aromatic N) is 1. The average molecular weight is 457 g/mol. The van der Waals surface area contributed by atoms with Gasteiger partial charge in [-0.2, -0.15) is 5.26 Å². The molecule has 0 saturated carbocycles. The minimum absolute atomic E-state index is 0.0194. The minimum atomic E-state index is -1.28. The highest BCUT2D eigenvalue weighted by molar-refractivity contribution is 5.89. The molecule has 176 valence electrons. The molecule has 10 heteroatoms. The maximum atomic E-state index is 12.1. The largest absolute Gasteiger partial charge is 0.479 e. The molecule has 10 nitrogen and oxygen atoms in total. The van der Waals surface area contributed by atoms with Crippen LogP contribution in [0.25, 0.3) is 0 Å². The summed E-state index contributed by atoms with van der Waals surface area (Å²) in [7, 11) is 4.20. The van der Waals surface area contributed by atoms with Crippen LogP contribution in [0.15, 0.2) is 42.5 Å². The number of rotatable bonds is 9. The topological polar surface area (TPSA) is 131 Å². The number of aliphatic hydroxyl groups is 1. The number of para-hydroxylation sites is 2. The number of anilines is 1. The van der Waals surface area contributed by atoms with Gasteiger partial charge in [-0.15, -0.1) is 0 Å². The van der Waals surface area contributed by atoms with Gasteiger partial charge in [-0.25, -0.2) is 4.79 Å². The van der Waals surface area contributed by atoms with Crippen molar-refractivity contribution in [3.8, 4) is 17.7 Å². The monoisotopic (exact) mass is 457 g/mol. The van der Waals surface area contributed by atoms with Crippen molar-refractivity contribution < 1.29 is 33.6 Å². The smallest absolute Gasteiger partial charge is 0.337 e. The Bertz CT molecular complexity index is 1020. The van der Waals surface area contributed by atoms with Crippen LogP contribution in [-0.4, -0.2) is 57.1 Å². The number of esters is 1. The SMILES string of the molecule is COC(=O)c1ccc2c(c1)[C@@H](NCOc1ccccc1NC#N)[C@H](O)[C@@](C)(C(OC)OC)O2. The molecular weight excluding hydrogens is 430 g/mol. The molecular formula is C23H27N3O7.